The van der Waals surface area contributed by atoms with Gasteiger partial charge in [0.05, 0.1) is 18.1 Å². The number of anilines is 1. The number of ether oxygens (including phenoxy) is 1. The summed E-state index contributed by atoms with van der Waals surface area (Å²) in [5, 5.41) is 12.6. The van der Waals surface area contributed by atoms with Crippen LogP contribution in [0.15, 0.2) is 12.1 Å². The smallest absolute Gasteiger partial charge is 0.306 e. The largest absolute Gasteiger partial charge is 0.495 e. The molecule has 5 heteroatoms. The Hall–Kier alpha value is -1.42. The molecule has 0 spiro atoms. The third-order valence-corrected chi connectivity index (χ3v) is 3.59. The number of hydrogen-bond donors (Lipinski definition) is 2. The van der Waals surface area contributed by atoms with E-state index in [1.807, 2.05) is 19.1 Å². The fraction of sp³-hybridized carbons (Fsp3) is 0.462. The standard InChI is InChI=1S/C13H16ClNO3/c1-7-3-12(18-2)10(14)5-11(7)15-6-8-4-9(8)13(16)17/h3,5,8-9,15H,4,6H2,1-2H3,(H,16,17). The summed E-state index contributed by atoms with van der Waals surface area (Å²) < 4.78 is 5.13. The number of hydrogen-bond acceptors (Lipinski definition) is 3. The van der Waals surface area contributed by atoms with Crippen LogP contribution in [0.5, 0.6) is 5.75 Å². The molecule has 0 amide bonds. The Morgan fingerprint density at radius 1 is 1.61 bits per heavy atom. The minimum absolute atomic E-state index is 0.188. The van der Waals surface area contributed by atoms with E-state index in [2.05, 4.69) is 5.32 Å². The molecule has 1 aromatic carbocycles. The normalized spacial score (nSPS) is 21.5. The molecule has 1 aliphatic rings. The van der Waals surface area contributed by atoms with E-state index in [1.54, 1.807) is 7.11 Å². The van der Waals surface area contributed by atoms with Gasteiger partial charge in [0.1, 0.15) is 5.75 Å². The minimum Gasteiger partial charge on any atom is -0.495 e. The lowest BCUT2D eigenvalue weighted by Crippen LogP contribution is -2.09. The van der Waals surface area contributed by atoms with Crippen LogP contribution in [-0.4, -0.2) is 24.7 Å². The van der Waals surface area contributed by atoms with Crippen LogP contribution in [0.25, 0.3) is 0 Å². The predicted molar refractivity (Wildman–Crippen MR) is 70.5 cm³/mol. The van der Waals surface area contributed by atoms with E-state index in [0.29, 0.717) is 17.3 Å². The number of rotatable bonds is 5. The van der Waals surface area contributed by atoms with Crippen LogP contribution < -0.4 is 10.1 Å². The SMILES string of the molecule is COc1cc(C)c(NCC2CC2C(=O)O)cc1Cl. The van der Waals surface area contributed by atoms with Gasteiger partial charge in [-0.2, -0.15) is 0 Å². The molecule has 0 radical (unpaired) electrons. The second-order valence-electron chi connectivity index (χ2n) is 4.62. The van der Waals surface area contributed by atoms with Gasteiger partial charge in [0.25, 0.3) is 0 Å². The van der Waals surface area contributed by atoms with Crippen molar-refractivity contribution in [2.45, 2.75) is 13.3 Å². The predicted octanol–water partition coefficient (Wildman–Crippen LogP) is 2.79. The van der Waals surface area contributed by atoms with Crippen LogP contribution in [0.4, 0.5) is 5.69 Å². The summed E-state index contributed by atoms with van der Waals surface area (Å²) >= 11 is 6.05. The van der Waals surface area contributed by atoms with E-state index < -0.39 is 5.97 Å². The molecule has 4 nitrogen and oxygen atoms in total. The highest BCUT2D eigenvalue weighted by atomic mass is 35.5. The highest BCUT2D eigenvalue weighted by Crippen LogP contribution is 2.39. The van der Waals surface area contributed by atoms with Gasteiger partial charge in [0, 0.05) is 12.2 Å². The summed E-state index contributed by atoms with van der Waals surface area (Å²) in [5.74, 6) is -0.0184. The number of methoxy groups -OCH3 is 1. The molecule has 2 atom stereocenters. The Labute approximate surface area is 111 Å². The quantitative estimate of drug-likeness (QED) is 0.863. The zero-order chi connectivity index (χ0) is 13.3. The van der Waals surface area contributed by atoms with Crippen molar-refractivity contribution in [3.63, 3.8) is 0 Å². The molecule has 0 aliphatic heterocycles. The second kappa shape index (κ2) is 5.06. The average Bonchev–Trinajstić information content (AvgIpc) is 3.09. The summed E-state index contributed by atoms with van der Waals surface area (Å²) in [5.41, 5.74) is 1.96. The maximum Gasteiger partial charge on any atom is 0.306 e. The zero-order valence-electron chi connectivity index (χ0n) is 10.4. The molecule has 1 aliphatic carbocycles. The van der Waals surface area contributed by atoms with Gasteiger partial charge in [-0.3, -0.25) is 4.79 Å². The van der Waals surface area contributed by atoms with Gasteiger partial charge in [0.2, 0.25) is 0 Å². The molecule has 0 aromatic heterocycles. The Balaban J connectivity index is 1.98. The fourth-order valence-corrected chi connectivity index (χ4v) is 2.26. The summed E-state index contributed by atoms with van der Waals surface area (Å²) in [6.45, 7) is 2.63. The van der Waals surface area contributed by atoms with Gasteiger partial charge >= 0.3 is 5.97 Å². The van der Waals surface area contributed by atoms with Crippen LogP contribution in [0.2, 0.25) is 5.02 Å². The molecule has 2 rings (SSSR count). The first-order valence-electron chi connectivity index (χ1n) is 5.83. The average molecular weight is 270 g/mol. The number of benzene rings is 1. The van der Waals surface area contributed by atoms with Crippen molar-refractivity contribution in [2.75, 3.05) is 19.0 Å². The number of nitrogens with one attached hydrogen (secondary N) is 1. The molecular weight excluding hydrogens is 254 g/mol. The minimum atomic E-state index is -0.703. The van der Waals surface area contributed by atoms with Crippen molar-refractivity contribution in [1.29, 1.82) is 0 Å². The first-order chi connectivity index (χ1) is 8.52. The van der Waals surface area contributed by atoms with Crippen LogP contribution in [-0.2, 0) is 4.79 Å². The Morgan fingerprint density at radius 3 is 2.89 bits per heavy atom. The molecule has 2 N–H and O–H groups in total. The monoisotopic (exact) mass is 269 g/mol. The number of carboxylic acids is 1. The third kappa shape index (κ3) is 2.70. The first-order valence-corrected chi connectivity index (χ1v) is 6.21. The number of halogens is 1. The molecular formula is C13H16ClNO3. The van der Waals surface area contributed by atoms with Gasteiger partial charge in [-0.1, -0.05) is 11.6 Å². The summed E-state index contributed by atoms with van der Waals surface area (Å²) in [7, 11) is 1.58. The molecule has 18 heavy (non-hydrogen) atoms. The van der Waals surface area contributed by atoms with Crippen molar-refractivity contribution in [2.24, 2.45) is 11.8 Å². The molecule has 98 valence electrons. The van der Waals surface area contributed by atoms with Crippen molar-refractivity contribution in [1.82, 2.24) is 0 Å². The van der Waals surface area contributed by atoms with E-state index in [0.717, 1.165) is 17.7 Å². The number of aliphatic carboxylic acids is 1. The Kier molecular flexibility index (Phi) is 3.66. The topological polar surface area (TPSA) is 58.6 Å². The van der Waals surface area contributed by atoms with Crippen molar-refractivity contribution in [3.8, 4) is 5.75 Å². The highest BCUT2D eigenvalue weighted by Gasteiger charge is 2.42. The summed E-state index contributed by atoms with van der Waals surface area (Å²) in [6.07, 6.45) is 0.755. The maximum atomic E-state index is 10.7. The van der Waals surface area contributed by atoms with Crippen LogP contribution in [0, 0.1) is 18.8 Å². The lowest BCUT2D eigenvalue weighted by Gasteiger charge is -2.12. The van der Waals surface area contributed by atoms with Crippen molar-refractivity contribution in [3.05, 3.63) is 22.7 Å². The Morgan fingerprint density at radius 2 is 2.33 bits per heavy atom. The van der Waals surface area contributed by atoms with E-state index >= 15 is 0 Å². The molecule has 1 fully saturated rings. The van der Waals surface area contributed by atoms with Crippen molar-refractivity contribution >= 4 is 23.3 Å². The molecule has 1 saturated carbocycles. The van der Waals surface area contributed by atoms with E-state index in [4.69, 9.17) is 21.4 Å². The van der Waals surface area contributed by atoms with Gasteiger partial charge in [-0.15, -0.1) is 0 Å². The van der Waals surface area contributed by atoms with Gasteiger partial charge < -0.3 is 15.2 Å². The van der Waals surface area contributed by atoms with Gasteiger partial charge in [0.15, 0.2) is 0 Å². The lowest BCUT2D eigenvalue weighted by molar-refractivity contribution is -0.138. The summed E-state index contributed by atoms with van der Waals surface area (Å²) in [4.78, 5) is 10.7. The molecule has 0 heterocycles. The van der Waals surface area contributed by atoms with E-state index in [1.165, 1.54) is 0 Å². The lowest BCUT2D eigenvalue weighted by atomic mass is 10.2. The first kappa shape index (κ1) is 13.0. The third-order valence-electron chi connectivity index (χ3n) is 3.29. The number of carboxylic acid groups (broad SMARTS) is 1. The highest BCUT2D eigenvalue weighted by molar-refractivity contribution is 6.32. The zero-order valence-corrected chi connectivity index (χ0v) is 11.1. The van der Waals surface area contributed by atoms with E-state index in [9.17, 15) is 4.79 Å². The molecule has 0 bridgehead atoms. The van der Waals surface area contributed by atoms with Crippen LogP contribution >= 0.6 is 11.6 Å². The van der Waals surface area contributed by atoms with Gasteiger partial charge in [-0.05, 0) is 37.0 Å². The van der Waals surface area contributed by atoms with Crippen LogP contribution in [0.3, 0.4) is 0 Å². The Bertz CT molecular complexity index is 476. The molecule has 1 aromatic rings. The van der Waals surface area contributed by atoms with Crippen molar-refractivity contribution < 1.29 is 14.6 Å². The maximum absolute atomic E-state index is 10.7. The summed E-state index contributed by atoms with van der Waals surface area (Å²) in [6, 6.07) is 3.68. The second-order valence-corrected chi connectivity index (χ2v) is 5.03. The number of carbonyl (C=O) groups is 1. The molecule has 2 unspecified atom stereocenters. The molecule has 0 saturated heterocycles. The number of aryl methyl sites for hydroxylation is 1. The fourth-order valence-electron chi connectivity index (χ4n) is 2.02. The van der Waals surface area contributed by atoms with Crippen LogP contribution in [0.1, 0.15) is 12.0 Å². The van der Waals surface area contributed by atoms with E-state index in [-0.39, 0.29) is 11.8 Å². The van der Waals surface area contributed by atoms with Gasteiger partial charge in [-0.25, -0.2) is 0 Å².